The molecule has 1 aromatic heterocycles. The Morgan fingerprint density at radius 1 is 1.13 bits per heavy atom. The van der Waals surface area contributed by atoms with Gasteiger partial charge < -0.3 is 9.80 Å². The van der Waals surface area contributed by atoms with E-state index in [9.17, 15) is 9.59 Å². The Balaban J connectivity index is 1.41. The molecule has 2 aromatic rings. The normalized spacial score (nSPS) is 28.2. The summed E-state index contributed by atoms with van der Waals surface area (Å²) in [7, 11) is 0. The van der Waals surface area contributed by atoms with Gasteiger partial charge in [-0.05, 0) is 62.0 Å². The third-order valence-electron chi connectivity index (χ3n) is 7.64. The third-order valence-corrected chi connectivity index (χ3v) is 7.64. The second-order valence-corrected chi connectivity index (χ2v) is 10.2. The maximum absolute atomic E-state index is 13.5. The first-order chi connectivity index (χ1) is 15.0. The first-order valence-electron chi connectivity index (χ1n) is 12.0. The van der Waals surface area contributed by atoms with Gasteiger partial charge in [0.1, 0.15) is 5.69 Å². The molecule has 3 aliphatic rings. The molecule has 0 radical (unpaired) electrons. The SMILES string of the molecule is CC(C)CC[C@H]1[C@H]2C[C@H](CN(C(=O)c3ccc4ccccc4n3)C2)[C@@H]2CCCC(=O)N21. The van der Waals surface area contributed by atoms with Crippen LogP contribution >= 0.6 is 0 Å². The van der Waals surface area contributed by atoms with E-state index >= 15 is 0 Å². The molecule has 1 aromatic carbocycles. The minimum absolute atomic E-state index is 0.0404. The number of hydrogen-bond acceptors (Lipinski definition) is 3. The molecular formula is C26H33N3O2. The van der Waals surface area contributed by atoms with Crippen LogP contribution in [0.3, 0.4) is 0 Å². The van der Waals surface area contributed by atoms with Crippen molar-refractivity contribution in [2.24, 2.45) is 17.8 Å². The molecule has 3 aliphatic heterocycles. The zero-order chi connectivity index (χ0) is 21.5. The molecule has 2 bridgehead atoms. The highest BCUT2D eigenvalue weighted by atomic mass is 16.2. The van der Waals surface area contributed by atoms with Crippen molar-refractivity contribution in [1.82, 2.24) is 14.8 Å². The number of fused-ring (bicyclic) bond motifs is 5. The van der Waals surface area contributed by atoms with Crippen molar-refractivity contribution < 1.29 is 9.59 Å². The highest BCUT2D eigenvalue weighted by Gasteiger charge is 2.49. The van der Waals surface area contributed by atoms with Crippen LogP contribution in [0, 0.1) is 17.8 Å². The summed E-state index contributed by atoms with van der Waals surface area (Å²) in [6, 6.07) is 12.4. The predicted molar refractivity (Wildman–Crippen MR) is 122 cm³/mol. The zero-order valence-electron chi connectivity index (χ0n) is 18.7. The predicted octanol–water partition coefficient (Wildman–Crippen LogP) is 4.51. The highest BCUT2D eigenvalue weighted by molar-refractivity contribution is 5.95. The van der Waals surface area contributed by atoms with Crippen LogP contribution in [0.2, 0.25) is 0 Å². The maximum Gasteiger partial charge on any atom is 0.272 e. The number of para-hydroxylation sites is 1. The molecule has 3 fully saturated rings. The van der Waals surface area contributed by atoms with Gasteiger partial charge in [0.05, 0.1) is 5.52 Å². The van der Waals surface area contributed by atoms with E-state index in [1.54, 1.807) is 0 Å². The third kappa shape index (κ3) is 3.83. The van der Waals surface area contributed by atoms with Gasteiger partial charge in [0.25, 0.3) is 5.91 Å². The lowest BCUT2D eigenvalue weighted by Gasteiger charge is -2.56. The molecule has 31 heavy (non-hydrogen) atoms. The highest BCUT2D eigenvalue weighted by Crippen LogP contribution is 2.43. The zero-order valence-corrected chi connectivity index (χ0v) is 18.7. The number of aromatic nitrogens is 1. The summed E-state index contributed by atoms with van der Waals surface area (Å²) in [5.41, 5.74) is 1.40. The fraction of sp³-hybridized carbons (Fsp3) is 0.577. The molecule has 4 atom stereocenters. The largest absolute Gasteiger partial charge is 0.337 e. The maximum atomic E-state index is 13.5. The van der Waals surface area contributed by atoms with E-state index in [-0.39, 0.29) is 11.9 Å². The summed E-state index contributed by atoms with van der Waals surface area (Å²) in [6.45, 7) is 5.99. The fourth-order valence-electron chi connectivity index (χ4n) is 6.16. The standard InChI is InChI=1S/C26H33N3O2/c1-17(2)10-13-24-20-14-19(23-8-5-9-25(30)29(23)24)15-28(16-20)26(31)22-12-11-18-6-3-4-7-21(18)27-22/h3-4,6-7,11-12,17,19-20,23-24H,5,8-10,13-16H2,1-2H3/t19-,20+,23+,24+/m1/s1. The fourth-order valence-corrected chi connectivity index (χ4v) is 6.16. The first-order valence-corrected chi connectivity index (χ1v) is 12.0. The number of carbonyl (C=O) groups is 2. The van der Waals surface area contributed by atoms with Gasteiger partial charge in [0, 0.05) is 37.0 Å². The van der Waals surface area contributed by atoms with Crippen LogP contribution in [0.4, 0.5) is 0 Å². The van der Waals surface area contributed by atoms with Crippen LogP contribution in [0.15, 0.2) is 36.4 Å². The van der Waals surface area contributed by atoms with Crippen molar-refractivity contribution >= 4 is 22.7 Å². The second-order valence-electron chi connectivity index (χ2n) is 10.2. The molecule has 4 heterocycles. The topological polar surface area (TPSA) is 53.5 Å². The molecule has 0 N–H and O–H groups in total. The smallest absolute Gasteiger partial charge is 0.272 e. The molecule has 0 saturated carbocycles. The van der Waals surface area contributed by atoms with E-state index in [0.717, 1.165) is 56.1 Å². The lowest BCUT2D eigenvalue weighted by Crippen LogP contribution is -2.65. The molecule has 2 amide bonds. The van der Waals surface area contributed by atoms with Gasteiger partial charge in [-0.1, -0.05) is 38.1 Å². The molecule has 0 spiro atoms. The monoisotopic (exact) mass is 419 g/mol. The van der Waals surface area contributed by atoms with Crippen LogP contribution in [-0.4, -0.2) is 51.8 Å². The van der Waals surface area contributed by atoms with Gasteiger partial charge in [0.2, 0.25) is 5.91 Å². The van der Waals surface area contributed by atoms with Crippen molar-refractivity contribution in [1.29, 1.82) is 0 Å². The number of hydrogen-bond donors (Lipinski definition) is 0. The Hall–Kier alpha value is -2.43. The van der Waals surface area contributed by atoms with E-state index in [4.69, 9.17) is 0 Å². The molecule has 0 aliphatic carbocycles. The van der Waals surface area contributed by atoms with Crippen LogP contribution in [0.1, 0.15) is 62.9 Å². The van der Waals surface area contributed by atoms with Crippen molar-refractivity contribution in [3.63, 3.8) is 0 Å². The lowest BCUT2D eigenvalue weighted by atomic mass is 9.70. The molecule has 3 saturated heterocycles. The van der Waals surface area contributed by atoms with Gasteiger partial charge in [-0.25, -0.2) is 4.98 Å². The van der Waals surface area contributed by atoms with Crippen molar-refractivity contribution in [3.8, 4) is 0 Å². The Kier molecular flexibility index (Phi) is 5.45. The average molecular weight is 420 g/mol. The van der Waals surface area contributed by atoms with Gasteiger partial charge >= 0.3 is 0 Å². The molecule has 164 valence electrons. The second kappa shape index (κ2) is 8.25. The summed E-state index contributed by atoms with van der Waals surface area (Å²) in [5, 5.41) is 1.06. The van der Waals surface area contributed by atoms with Crippen molar-refractivity contribution in [3.05, 3.63) is 42.1 Å². The average Bonchev–Trinajstić information content (AvgIpc) is 2.78. The Bertz CT molecular complexity index is 988. The van der Waals surface area contributed by atoms with Crippen LogP contribution in [-0.2, 0) is 4.79 Å². The molecule has 5 rings (SSSR count). The number of piperidine rings is 3. The van der Waals surface area contributed by atoms with Crippen molar-refractivity contribution in [2.45, 2.75) is 64.5 Å². The van der Waals surface area contributed by atoms with Gasteiger partial charge in [-0.15, -0.1) is 0 Å². The summed E-state index contributed by atoms with van der Waals surface area (Å²) in [4.78, 5) is 35.3. The number of nitrogens with zero attached hydrogens (tertiary/aromatic N) is 3. The van der Waals surface area contributed by atoms with E-state index in [2.05, 4.69) is 23.7 Å². The number of likely N-dealkylation sites (tertiary alicyclic amines) is 1. The van der Waals surface area contributed by atoms with E-state index in [0.29, 0.717) is 41.8 Å². The van der Waals surface area contributed by atoms with Crippen LogP contribution < -0.4 is 0 Å². The Labute approximate surface area is 184 Å². The summed E-state index contributed by atoms with van der Waals surface area (Å²) < 4.78 is 0. The molecule has 0 unspecified atom stereocenters. The first kappa shape index (κ1) is 20.5. The number of benzene rings is 1. The number of pyridine rings is 1. The van der Waals surface area contributed by atoms with E-state index < -0.39 is 0 Å². The minimum Gasteiger partial charge on any atom is -0.337 e. The van der Waals surface area contributed by atoms with E-state index in [1.807, 2.05) is 41.3 Å². The van der Waals surface area contributed by atoms with Gasteiger partial charge in [-0.2, -0.15) is 0 Å². The van der Waals surface area contributed by atoms with Gasteiger partial charge in [0.15, 0.2) is 0 Å². The quantitative estimate of drug-likeness (QED) is 0.733. The molecule has 5 heteroatoms. The van der Waals surface area contributed by atoms with Crippen LogP contribution in [0.25, 0.3) is 10.9 Å². The van der Waals surface area contributed by atoms with Gasteiger partial charge in [-0.3, -0.25) is 9.59 Å². The number of amides is 2. The van der Waals surface area contributed by atoms with Crippen LogP contribution in [0.5, 0.6) is 0 Å². The molecule has 5 nitrogen and oxygen atoms in total. The van der Waals surface area contributed by atoms with Crippen molar-refractivity contribution in [2.75, 3.05) is 13.1 Å². The minimum atomic E-state index is 0.0404. The molecular weight excluding hydrogens is 386 g/mol. The number of carbonyl (C=O) groups excluding carboxylic acids is 2. The Morgan fingerprint density at radius 2 is 1.94 bits per heavy atom. The Morgan fingerprint density at radius 3 is 2.77 bits per heavy atom. The summed E-state index contributed by atoms with van der Waals surface area (Å²) >= 11 is 0. The summed E-state index contributed by atoms with van der Waals surface area (Å²) in [5.74, 6) is 1.77. The van der Waals surface area contributed by atoms with E-state index in [1.165, 1.54) is 0 Å². The lowest BCUT2D eigenvalue weighted by molar-refractivity contribution is -0.152. The number of rotatable bonds is 4. The summed E-state index contributed by atoms with van der Waals surface area (Å²) in [6.07, 6.45) is 6.08.